The highest BCUT2D eigenvalue weighted by Crippen LogP contribution is 2.28. The zero-order chi connectivity index (χ0) is 19.5. The maximum Gasteiger partial charge on any atom is 0.252 e. The van der Waals surface area contributed by atoms with E-state index in [0.29, 0.717) is 28.0 Å². The molecule has 1 unspecified atom stereocenters. The standard InChI is InChI=1S/C20H24N2O4/c1-12-13(2)18(24)16(14(3)17(12)23)8-9-20(4,26)19(25)22-11-15-7-5-6-10-21-15/h5-7,10,26H,8-9,11H2,1-4H3,(H,22,25). The van der Waals surface area contributed by atoms with Crippen molar-refractivity contribution in [2.45, 2.75) is 52.7 Å². The number of nitrogens with zero attached hydrogens (tertiary/aromatic N) is 1. The van der Waals surface area contributed by atoms with Gasteiger partial charge < -0.3 is 10.4 Å². The van der Waals surface area contributed by atoms with Gasteiger partial charge in [0.05, 0.1) is 12.2 Å². The van der Waals surface area contributed by atoms with E-state index < -0.39 is 11.5 Å². The van der Waals surface area contributed by atoms with E-state index in [1.807, 2.05) is 6.07 Å². The molecular weight excluding hydrogens is 332 g/mol. The Morgan fingerprint density at radius 1 is 1.12 bits per heavy atom. The third-order valence-corrected chi connectivity index (χ3v) is 4.82. The van der Waals surface area contributed by atoms with E-state index in [9.17, 15) is 19.5 Å². The molecule has 0 saturated heterocycles. The first-order valence-corrected chi connectivity index (χ1v) is 8.52. The highest BCUT2D eigenvalue weighted by Gasteiger charge is 2.33. The SMILES string of the molecule is CC1=C(C)C(=O)C(CCC(C)(O)C(=O)NCc2ccccn2)=C(C)C1=O. The predicted molar refractivity (Wildman–Crippen MR) is 97.0 cm³/mol. The fraction of sp³-hybridized carbons (Fsp3) is 0.400. The van der Waals surface area contributed by atoms with Gasteiger partial charge in [-0.25, -0.2) is 0 Å². The fourth-order valence-corrected chi connectivity index (χ4v) is 2.80. The Balaban J connectivity index is 2.02. The van der Waals surface area contributed by atoms with Crippen LogP contribution in [0, 0.1) is 0 Å². The average Bonchev–Trinajstić information content (AvgIpc) is 2.63. The molecule has 0 radical (unpaired) electrons. The molecule has 0 fully saturated rings. The molecule has 1 aromatic heterocycles. The summed E-state index contributed by atoms with van der Waals surface area (Å²) in [4.78, 5) is 41.0. The van der Waals surface area contributed by atoms with Crippen LogP contribution < -0.4 is 5.32 Å². The van der Waals surface area contributed by atoms with Crippen molar-refractivity contribution in [3.05, 3.63) is 52.4 Å². The van der Waals surface area contributed by atoms with Crippen LogP contribution in [-0.4, -0.2) is 33.2 Å². The van der Waals surface area contributed by atoms with Crippen molar-refractivity contribution in [1.82, 2.24) is 10.3 Å². The third-order valence-electron chi connectivity index (χ3n) is 4.82. The lowest BCUT2D eigenvalue weighted by Gasteiger charge is -2.24. The van der Waals surface area contributed by atoms with Crippen molar-refractivity contribution < 1.29 is 19.5 Å². The first-order valence-electron chi connectivity index (χ1n) is 8.52. The van der Waals surface area contributed by atoms with Gasteiger partial charge in [0.15, 0.2) is 11.6 Å². The summed E-state index contributed by atoms with van der Waals surface area (Å²) in [5.74, 6) is -0.889. The first kappa shape index (κ1) is 19.7. The Kier molecular flexibility index (Phi) is 5.87. The molecule has 2 rings (SSSR count). The number of ketones is 2. The van der Waals surface area contributed by atoms with Crippen molar-refractivity contribution in [3.8, 4) is 0 Å². The molecular formula is C20H24N2O4. The van der Waals surface area contributed by atoms with Gasteiger partial charge in [-0.05, 0) is 52.7 Å². The molecule has 26 heavy (non-hydrogen) atoms. The van der Waals surface area contributed by atoms with E-state index in [0.717, 1.165) is 0 Å². The summed E-state index contributed by atoms with van der Waals surface area (Å²) < 4.78 is 0. The smallest absolute Gasteiger partial charge is 0.252 e. The van der Waals surface area contributed by atoms with Gasteiger partial charge in [0.2, 0.25) is 0 Å². The summed E-state index contributed by atoms with van der Waals surface area (Å²) in [6.45, 7) is 6.48. The fourth-order valence-electron chi connectivity index (χ4n) is 2.80. The summed E-state index contributed by atoms with van der Waals surface area (Å²) in [7, 11) is 0. The highest BCUT2D eigenvalue weighted by atomic mass is 16.3. The zero-order valence-corrected chi connectivity index (χ0v) is 15.5. The van der Waals surface area contributed by atoms with Crippen molar-refractivity contribution >= 4 is 17.5 Å². The van der Waals surface area contributed by atoms with Crippen LogP contribution in [0.2, 0.25) is 0 Å². The van der Waals surface area contributed by atoms with Crippen LogP contribution >= 0.6 is 0 Å². The lowest BCUT2D eigenvalue weighted by Crippen LogP contribution is -2.44. The number of hydrogen-bond acceptors (Lipinski definition) is 5. The highest BCUT2D eigenvalue weighted by molar-refractivity contribution is 6.24. The van der Waals surface area contributed by atoms with E-state index in [4.69, 9.17) is 0 Å². The van der Waals surface area contributed by atoms with E-state index in [1.54, 1.807) is 39.1 Å². The van der Waals surface area contributed by atoms with Gasteiger partial charge in [0, 0.05) is 28.5 Å². The molecule has 1 heterocycles. The van der Waals surface area contributed by atoms with E-state index in [2.05, 4.69) is 10.3 Å². The van der Waals surface area contributed by atoms with Crippen molar-refractivity contribution in [1.29, 1.82) is 0 Å². The average molecular weight is 356 g/mol. The monoisotopic (exact) mass is 356 g/mol. The number of aliphatic hydroxyl groups is 1. The van der Waals surface area contributed by atoms with Crippen LogP contribution in [0.15, 0.2) is 46.7 Å². The molecule has 0 bridgehead atoms. The lowest BCUT2D eigenvalue weighted by atomic mass is 9.82. The van der Waals surface area contributed by atoms with Crippen molar-refractivity contribution in [2.24, 2.45) is 0 Å². The second kappa shape index (κ2) is 7.74. The quantitative estimate of drug-likeness (QED) is 0.760. The van der Waals surface area contributed by atoms with Crippen molar-refractivity contribution in [3.63, 3.8) is 0 Å². The van der Waals surface area contributed by atoms with Crippen LogP contribution in [0.5, 0.6) is 0 Å². The minimum atomic E-state index is -1.66. The van der Waals surface area contributed by atoms with E-state index >= 15 is 0 Å². The van der Waals surface area contributed by atoms with Gasteiger partial charge >= 0.3 is 0 Å². The zero-order valence-electron chi connectivity index (χ0n) is 15.5. The number of nitrogens with one attached hydrogen (secondary N) is 1. The van der Waals surface area contributed by atoms with E-state index in [1.165, 1.54) is 6.92 Å². The summed E-state index contributed by atoms with van der Waals surface area (Å²) in [5.41, 5.74) is 0.666. The number of carbonyl (C=O) groups is 3. The number of Topliss-reactive ketones (excluding diaryl/α,β-unsaturated/α-hetero) is 2. The summed E-state index contributed by atoms with van der Waals surface area (Å²) in [6.07, 6.45) is 1.82. The van der Waals surface area contributed by atoms with Gasteiger partial charge in [-0.1, -0.05) is 6.07 Å². The van der Waals surface area contributed by atoms with Crippen molar-refractivity contribution in [2.75, 3.05) is 0 Å². The molecule has 6 nitrogen and oxygen atoms in total. The second-order valence-electron chi connectivity index (χ2n) is 6.79. The molecule has 1 aliphatic rings. The molecule has 138 valence electrons. The van der Waals surface area contributed by atoms with Crippen LogP contribution in [0.3, 0.4) is 0 Å². The molecule has 1 amide bonds. The third kappa shape index (κ3) is 4.14. The Hall–Kier alpha value is -2.60. The minimum absolute atomic E-state index is 0.0407. The van der Waals surface area contributed by atoms with Crippen LogP contribution in [-0.2, 0) is 20.9 Å². The van der Waals surface area contributed by atoms with Gasteiger partial charge in [0.1, 0.15) is 5.60 Å². The van der Waals surface area contributed by atoms with E-state index in [-0.39, 0.29) is 31.0 Å². The molecule has 0 aromatic carbocycles. The Bertz CT molecular complexity index is 804. The summed E-state index contributed by atoms with van der Waals surface area (Å²) >= 11 is 0. The normalized spacial score (nSPS) is 17.4. The Morgan fingerprint density at radius 3 is 2.38 bits per heavy atom. The van der Waals surface area contributed by atoms with Gasteiger partial charge in [-0.3, -0.25) is 19.4 Å². The molecule has 6 heteroatoms. The largest absolute Gasteiger partial charge is 0.380 e. The Morgan fingerprint density at radius 2 is 1.77 bits per heavy atom. The lowest BCUT2D eigenvalue weighted by molar-refractivity contribution is -0.139. The number of amides is 1. The number of hydrogen-bond donors (Lipinski definition) is 2. The maximum absolute atomic E-state index is 12.4. The van der Waals surface area contributed by atoms with Gasteiger partial charge in [-0.15, -0.1) is 0 Å². The second-order valence-corrected chi connectivity index (χ2v) is 6.79. The molecule has 0 saturated carbocycles. The molecule has 1 aliphatic carbocycles. The number of pyridine rings is 1. The Labute approximate surface area is 153 Å². The van der Waals surface area contributed by atoms with Crippen LogP contribution in [0.4, 0.5) is 0 Å². The van der Waals surface area contributed by atoms with Crippen LogP contribution in [0.1, 0.15) is 46.2 Å². The number of allylic oxidation sites excluding steroid dienone is 4. The number of rotatable bonds is 6. The summed E-state index contributed by atoms with van der Waals surface area (Å²) in [6, 6.07) is 5.36. The van der Waals surface area contributed by atoms with Crippen LogP contribution in [0.25, 0.3) is 0 Å². The molecule has 0 spiro atoms. The maximum atomic E-state index is 12.4. The molecule has 2 N–H and O–H groups in total. The predicted octanol–water partition coefficient (Wildman–Crippen LogP) is 2.03. The molecule has 0 aliphatic heterocycles. The van der Waals surface area contributed by atoms with Gasteiger partial charge in [-0.2, -0.15) is 0 Å². The molecule has 1 aromatic rings. The van der Waals surface area contributed by atoms with Gasteiger partial charge in [0.25, 0.3) is 5.91 Å². The summed E-state index contributed by atoms with van der Waals surface area (Å²) in [5, 5.41) is 13.1. The topological polar surface area (TPSA) is 96.4 Å². The molecule has 1 atom stereocenters. The minimum Gasteiger partial charge on any atom is -0.380 e. The number of aromatic nitrogens is 1. The first-order chi connectivity index (χ1) is 12.1. The number of carbonyl (C=O) groups excluding carboxylic acids is 3.